The number of nitrogens with zero attached hydrogens (tertiary/aromatic N) is 2. The largest absolute Gasteiger partial charge is 0.494 e. The van der Waals surface area contributed by atoms with Crippen molar-refractivity contribution in [2.45, 2.75) is 42.5 Å². The lowest BCUT2D eigenvalue weighted by molar-refractivity contribution is 0.381. The zero-order chi connectivity index (χ0) is 25.4. The van der Waals surface area contributed by atoms with E-state index in [-0.39, 0.29) is 23.1 Å². The number of imidazole rings is 1. The number of rotatable bonds is 6. The number of aryl methyl sites for hydroxylation is 1. The van der Waals surface area contributed by atoms with Crippen LogP contribution in [0.15, 0.2) is 65.8 Å². The van der Waals surface area contributed by atoms with E-state index in [1.165, 1.54) is 43.1 Å². The molecule has 186 valence electrons. The summed E-state index contributed by atoms with van der Waals surface area (Å²) in [7, 11) is 1.45. The molecule has 1 atom stereocenters. The zero-order valence-electron chi connectivity index (χ0n) is 19.8. The van der Waals surface area contributed by atoms with E-state index < -0.39 is 11.2 Å². The van der Waals surface area contributed by atoms with Gasteiger partial charge in [0.15, 0.2) is 16.7 Å². The Morgan fingerprint density at radius 3 is 2.56 bits per heavy atom. The van der Waals surface area contributed by atoms with E-state index in [0.29, 0.717) is 15.7 Å². The van der Waals surface area contributed by atoms with E-state index in [4.69, 9.17) is 21.3 Å². The predicted octanol–water partition coefficient (Wildman–Crippen LogP) is 7.89. The van der Waals surface area contributed by atoms with Crippen molar-refractivity contribution in [1.29, 1.82) is 0 Å². The monoisotopic (exact) mass is 528 g/mol. The number of methoxy groups -OCH3 is 1. The third-order valence-corrected chi connectivity index (χ3v) is 8.13. The molecule has 0 saturated heterocycles. The third kappa shape index (κ3) is 4.39. The van der Waals surface area contributed by atoms with Crippen molar-refractivity contribution in [3.63, 3.8) is 0 Å². The summed E-state index contributed by atoms with van der Waals surface area (Å²) < 4.78 is 49.8. The molecule has 3 nitrogen and oxygen atoms in total. The summed E-state index contributed by atoms with van der Waals surface area (Å²) in [5, 5.41) is 1.02. The molecule has 1 aliphatic rings. The lowest BCUT2D eigenvalue weighted by Gasteiger charge is -2.36. The molecule has 5 rings (SSSR count). The molecule has 1 aromatic heterocycles. The highest BCUT2D eigenvalue weighted by Gasteiger charge is 2.40. The van der Waals surface area contributed by atoms with Gasteiger partial charge >= 0.3 is 0 Å². The van der Waals surface area contributed by atoms with E-state index >= 15 is 0 Å². The van der Waals surface area contributed by atoms with Crippen molar-refractivity contribution in [2.75, 3.05) is 7.11 Å². The summed E-state index contributed by atoms with van der Waals surface area (Å²) in [5.41, 5.74) is 3.41. The molecule has 0 aliphatic heterocycles. The molecule has 0 radical (unpaired) electrons. The number of fused-ring (bicyclic) bond motifs is 1. The van der Waals surface area contributed by atoms with Crippen LogP contribution in [0.4, 0.5) is 13.2 Å². The summed E-state index contributed by atoms with van der Waals surface area (Å²) in [6.45, 7) is 2.11. The number of halogens is 4. The molecular formula is C28H24ClF3N2OS. The van der Waals surface area contributed by atoms with Gasteiger partial charge in [-0.1, -0.05) is 35.5 Å². The van der Waals surface area contributed by atoms with Gasteiger partial charge in [-0.3, -0.25) is 4.57 Å². The van der Waals surface area contributed by atoms with Crippen molar-refractivity contribution < 1.29 is 17.9 Å². The molecule has 0 amide bonds. The number of ether oxygens (including phenoxy) is 1. The Bertz CT molecular complexity index is 1400. The van der Waals surface area contributed by atoms with Crippen LogP contribution < -0.4 is 4.74 Å². The zero-order valence-corrected chi connectivity index (χ0v) is 21.4. The van der Waals surface area contributed by atoms with E-state index in [9.17, 15) is 13.2 Å². The Hall–Kier alpha value is -2.90. The highest BCUT2D eigenvalue weighted by atomic mass is 35.5. The lowest BCUT2D eigenvalue weighted by Crippen LogP contribution is -2.31. The van der Waals surface area contributed by atoms with Crippen LogP contribution in [0.1, 0.15) is 42.3 Å². The highest BCUT2D eigenvalue weighted by Crippen LogP contribution is 2.46. The van der Waals surface area contributed by atoms with Gasteiger partial charge in [-0.2, -0.15) is 0 Å². The van der Waals surface area contributed by atoms with E-state index in [2.05, 4.69) is 6.92 Å². The Morgan fingerprint density at radius 1 is 1.06 bits per heavy atom. The first kappa shape index (κ1) is 24.8. The predicted molar refractivity (Wildman–Crippen MR) is 137 cm³/mol. The average molecular weight is 529 g/mol. The van der Waals surface area contributed by atoms with Gasteiger partial charge in [0.05, 0.1) is 18.5 Å². The molecule has 1 unspecified atom stereocenters. The molecule has 4 aromatic rings. The lowest BCUT2D eigenvalue weighted by atomic mass is 9.71. The van der Waals surface area contributed by atoms with Crippen LogP contribution >= 0.6 is 23.4 Å². The van der Waals surface area contributed by atoms with Gasteiger partial charge in [0.25, 0.3) is 0 Å². The standard InChI is InChI=1S/C28H24ClF3N2OS/c1-28(17-8-13-23(32)25(15-17)35-2)14-4-7-24-26(28)34(19-11-9-18(30)10-12-19)27(33-24)36-16-20-21(29)5-3-6-22(20)31/h3,5-6,8-13,15H,4,7,14,16H2,1-2H3. The van der Waals surface area contributed by atoms with Crippen molar-refractivity contribution in [3.05, 3.63) is 106 Å². The van der Waals surface area contributed by atoms with Crippen LogP contribution in [-0.4, -0.2) is 16.7 Å². The van der Waals surface area contributed by atoms with Crippen molar-refractivity contribution in [2.24, 2.45) is 0 Å². The second-order valence-electron chi connectivity index (χ2n) is 9.03. The van der Waals surface area contributed by atoms with E-state index in [1.54, 1.807) is 36.4 Å². The molecule has 3 aromatic carbocycles. The Morgan fingerprint density at radius 2 is 1.83 bits per heavy atom. The molecular weight excluding hydrogens is 505 g/mol. The maximum absolute atomic E-state index is 14.5. The van der Waals surface area contributed by atoms with Crippen LogP contribution in [0.3, 0.4) is 0 Å². The number of hydrogen-bond acceptors (Lipinski definition) is 3. The van der Waals surface area contributed by atoms with Crippen LogP contribution in [0, 0.1) is 17.5 Å². The molecule has 0 saturated carbocycles. The first-order chi connectivity index (χ1) is 17.3. The Kier molecular flexibility index (Phi) is 6.79. The van der Waals surface area contributed by atoms with Gasteiger partial charge in [-0.25, -0.2) is 18.2 Å². The minimum absolute atomic E-state index is 0.178. The Labute approximate surface area is 217 Å². The fourth-order valence-corrected chi connectivity index (χ4v) is 6.30. The summed E-state index contributed by atoms with van der Waals surface area (Å²) in [6, 6.07) is 15.8. The SMILES string of the molecule is COc1cc(C2(C)CCCc3nc(SCc4c(F)cccc4Cl)n(-c4ccc(F)cc4)c32)ccc1F. The summed E-state index contributed by atoms with van der Waals surface area (Å²) in [4.78, 5) is 4.97. The normalized spacial score (nSPS) is 17.2. The van der Waals surface area contributed by atoms with Gasteiger partial charge in [0, 0.05) is 27.4 Å². The van der Waals surface area contributed by atoms with Gasteiger partial charge in [0.2, 0.25) is 0 Å². The second-order valence-corrected chi connectivity index (χ2v) is 10.4. The first-order valence-corrected chi connectivity index (χ1v) is 13.0. The minimum Gasteiger partial charge on any atom is -0.494 e. The molecule has 1 aliphatic carbocycles. The molecule has 0 spiro atoms. The fraction of sp³-hybridized carbons (Fsp3) is 0.250. The average Bonchev–Trinajstić information content (AvgIpc) is 3.24. The molecule has 0 fully saturated rings. The summed E-state index contributed by atoms with van der Waals surface area (Å²) in [6.07, 6.45) is 2.48. The van der Waals surface area contributed by atoms with Gasteiger partial charge in [0.1, 0.15) is 11.6 Å². The van der Waals surface area contributed by atoms with Crippen molar-refractivity contribution >= 4 is 23.4 Å². The fourth-order valence-electron chi connectivity index (χ4n) is 4.93. The van der Waals surface area contributed by atoms with Crippen LogP contribution in [0.2, 0.25) is 5.02 Å². The molecule has 0 bridgehead atoms. The highest BCUT2D eigenvalue weighted by molar-refractivity contribution is 7.98. The third-order valence-electron chi connectivity index (χ3n) is 6.81. The number of benzene rings is 3. The van der Waals surface area contributed by atoms with E-state index in [0.717, 1.165) is 41.9 Å². The smallest absolute Gasteiger partial charge is 0.173 e. The van der Waals surface area contributed by atoms with Crippen LogP contribution in [0.25, 0.3) is 5.69 Å². The van der Waals surface area contributed by atoms with Crippen molar-refractivity contribution in [1.82, 2.24) is 9.55 Å². The van der Waals surface area contributed by atoms with Crippen molar-refractivity contribution in [3.8, 4) is 11.4 Å². The molecule has 36 heavy (non-hydrogen) atoms. The first-order valence-electron chi connectivity index (χ1n) is 11.6. The van der Waals surface area contributed by atoms with Crippen LogP contribution in [-0.2, 0) is 17.6 Å². The van der Waals surface area contributed by atoms with Gasteiger partial charge < -0.3 is 4.74 Å². The quantitative estimate of drug-likeness (QED) is 0.238. The van der Waals surface area contributed by atoms with Crippen LogP contribution in [0.5, 0.6) is 5.75 Å². The number of thioether (sulfide) groups is 1. The second kappa shape index (κ2) is 9.87. The maximum atomic E-state index is 14.5. The molecule has 0 N–H and O–H groups in total. The topological polar surface area (TPSA) is 27.1 Å². The number of aromatic nitrogens is 2. The summed E-state index contributed by atoms with van der Waals surface area (Å²) in [5.74, 6) is -0.679. The van der Waals surface area contributed by atoms with Gasteiger partial charge in [-0.15, -0.1) is 0 Å². The summed E-state index contributed by atoms with van der Waals surface area (Å²) >= 11 is 7.65. The maximum Gasteiger partial charge on any atom is 0.173 e. The van der Waals surface area contributed by atoms with Gasteiger partial charge in [-0.05, 0) is 80.3 Å². The Balaban J connectivity index is 1.67. The number of hydrogen-bond donors (Lipinski definition) is 0. The minimum atomic E-state index is -0.510. The van der Waals surface area contributed by atoms with E-state index in [1.807, 2.05) is 4.57 Å². The molecule has 1 heterocycles. The molecule has 8 heteroatoms.